The van der Waals surface area contributed by atoms with Gasteiger partial charge in [0.25, 0.3) is 5.91 Å². The van der Waals surface area contributed by atoms with Gasteiger partial charge in [0.05, 0.1) is 4.90 Å². The summed E-state index contributed by atoms with van der Waals surface area (Å²) in [7, 11) is -2.20. The first kappa shape index (κ1) is 17.9. The monoisotopic (exact) mass is 338 g/mol. The third-order valence-corrected chi connectivity index (χ3v) is 6.12. The summed E-state index contributed by atoms with van der Waals surface area (Å²) >= 11 is 0. The number of amides is 1. The van der Waals surface area contributed by atoms with Gasteiger partial charge in [-0.1, -0.05) is 13.8 Å². The molecule has 0 aromatic heterocycles. The average molecular weight is 338 g/mol. The molecule has 1 N–H and O–H groups in total. The van der Waals surface area contributed by atoms with Gasteiger partial charge < -0.3 is 4.90 Å². The maximum absolute atomic E-state index is 12.8. The molecule has 1 saturated heterocycles. The van der Waals surface area contributed by atoms with Gasteiger partial charge in [-0.05, 0) is 62.4 Å². The lowest BCUT2D eigenvalue weighted by Gasteiger charge is -2.35. The predicted octanol–water partition coefficient (Wildman–Crippen LogP) is 2.33. The molecule has 23 heavy (non-hydrogen) atoms. The number of sulfonamides is 1. The van der Waals surface area contributed by atoms with Gasteiger partial charge in [-0.2, -0.15) is 0 Å². The highest BCUT2D eigenvalue weighted by Gasteiger charge is 2.27. The van der Waals surface area contributed by atoms with Gasteiger partial charge in [0.2, 0.25) is 10.0 Å². The molecule has 1 aromatic rings. The molecular weight excluding hydrogens is 312 g/mol. The smallest absolute Gasteiger partial charge is 0.253 e. The molecule has 1 amide bonds. The van der Waals surface area contributed by atoms with Crippen molar-refractivity contribution in [3.63, 3.8) is 0 Å². The fourth-order valence-corrected chi connectivity index (χ4v) is 4.42. The molecule has 0 saturated carbocycles. The van der Waals surface area contributed by atoms with E-state index >= 15 is 0 Å². The van der Waals surface area contributed by atoms with Crippen LogP contribution in [-0.2, 0) is 10.0 Å². The maximum atomic E-state index is 12.8. The lowest BCUT2D eigenvalue weighted by Crippen LogP contribution is -2.42. The number of piperidine rings is 1. The fourth-order valence-electron chi connectivity index (χ4n) is 3.35. The number of carbonyl (C=O) groups is 1. The Balaban J connectivity index is 2.42. The first-order valence-electron chi connectivity index (χ1n) is 7.99. The summed E-state index contributed by atoms with van der Waals surface area (Å²) in [6.45, 7) is 9.34. The van der Waals surface area contributed by atoms with Gasteiger partial charge in [-0.3, -0.25) is 4.79 Å². The molecule has 1 aromatic carbocycles. The second-order valence-electron chi connectivity index (χ2n) is 6.78. The number of rotatable bonds is 3. The van der Waals surface area contributed by atoms with Gasteiger partial charge in [-0.15, -0.1) is 0 Å². The molecule has 0 spiro atoms. The summed E-state index contributed by atoms with van der Waals surface area (Å²) in [6, 6.07) is 3.29. The number of hydrogen-bond acceptors (Lipinski definition) is 3. The van der Waals surface area contributed by atoms with Gasteiger partial charge in [-0.25, -0.2) is 13.1 Å². The van der Waals surface area contributed by atoms with Crippen molar-refractivity contribution >= 4 is 15.9 Å². The van der Waals surface area contributed by atoms with E-state index in [2.05, 4.69) is 18.6 Å². The van der Waals surface area contributed by atoms with Crippen molar-refractivity contribution in [2.24, 2.45) is 11.8 Å². The first-order valence-corrected chi connectivity index (χ1v) is 9.48. The molecule has 1 fully saturated rings. The molecule has 0 aliphatic carbocycles. The number of nitrogens with zero attached hydrogens (tertiary/aromatic N) is 1. The molecule has 0 bridgehead atoms. The molecule has 2 rings (SSSR count). The molecule has 5 nitrogen and oxygen atoms in total. The number of carbonyl (C=O) groups excluding carboxylic acids is 1. The zero-order valence-electron chi connectivity index (χ0n) is 14.5. The van der Waals surface area contributed by atoms with Crippen LogP contribution in [0.4, 0.5) is 0 Å². The van der Waals surface area contributed by atoms with Gasteiger partial charge in [0, 0.05) is 18.7 Å². The van der Waals surface area contributed by atoms with Crippen molar-refractivity contribution in [3.8, 4) is 0 Å². The largest absolute Gasteiger partial charge is 0.338 e. The van der Waals surface area contributed by atoms with E-state index in [9.17, 15) is 13.2 Å². The molecular formula is C17H26N2O3S. The Labute approximate surface area is 139 Å². The molecule has 128 valence electrons. The Hall–Kier alpha value is -1.40. The van der Waals surface area contributed by atoms with Crippen molar-refractivity contribution < 1.29 is 13.2 Å². The maximum Gasteiger partial charge on any atom is 0.253 e. The zero-order valence-corrected chi connectivity index (χ0v) is 15.3. The van der Waals surface area contributed by atoms with E-state index in [1.54, 1.807) is 13.0 Å². The van der Waals surface area contributed by atoms with E-state index in [4.69, 9.17) is 0 Å². The summed E-state index contributed by atoms with van der Waals surface area (Å²) in [5.74, 6) is 0.851. The second-order valence-corrected chi connectivity index (χ2v) is 8.63. The normalized spacial score (nSPS) is 22.2. The predicted molar refractivity (Wildman–Crippen MR) is 91.0 cm³/mol. The number of likely N-dealkylation sites (tertiary alicyclic amines) is 1. The van der Waals surface area contributed by atoms with E-state index in [0.717, 1.165) is 25.1 Å². The van der Waals surface area contributed by atoms with Gasteiger partial charge in [0.15, 0.2) is 0 Å². The fraction of sp³-hybridized carbons (Fsp3) is 0.588. The average Bonchev–Trinajstić information content (AvgIpc) is 2.47. The molecule has 2 atom stereocenters. The Morgan fingerprint density at radius 3 is 2.26 bits per heavy atom. The lowest BCUT2D eigenvalue weighted by atomic mass is 9.91. The van der Waals surface area contributed by atoms with Crippen LogP contribution in [0.25, 0.3) is 0 Å². The van der Waals surface area contributed by atoms with Crippen LogP contribution >= 0.6 is 0 Å². The SMILES string of the molecule is CNS(=O)(=O)c1cc(C(=O)N2C[C@@H](C)C[C@H](C)C2)cc(C)c1C. The van der Waals surface area contributed by atoms with E-state index in [-0.39, 0.29) is 10.8 Å². The number of benzene rings is 1. The van der Waals surface area contributed by atoms with Crippen molar-refractivity contribution in [1.82, 2.24) is 9.62 Å². The number of aryl methyl sites for hydroxylation is 1. The third kappa shape index (κ3) is 3.75. The molecule has 0 unspecified atom stereocenters. The highest BCUT2D eigenvalue weighted by molar-refractivity contribution is 7.89. The van der Waals surface area contributed by atoms with Crippen molar-refractivity contribution in [3.05, 3.63) is 28.8 Å². The minimum absolute atomic E-state index is 0.0842. The Bertz CT molecular complexity index is 703. The first-order chi connectivity index (χ1) is 10.7. The van der Waals surface area contributed by atoms with Crippen LogP contribution in [0.3, 0.4) is 0 Å². The highest BCUT2D eigenvalue weighted by Crippen LogP contribution is 2.25. The topological polar surface area (TPSA) is 66.5 Å². The third-order valence-electron chi connectivity index (χ3n) is 4.58. The van der Waals surface area contributed by atoms with E-state index in [0.29, 0.717) is 23.0 Å². The van der Waals surface area contributed by atoms with E-state index in [1.807, 2.05) is 11.8 Å². The van der Waals surface area contributed by atoms with Crippen molar-refractivity contribution in [2.45, 2.75) is 39.0 Å². The summed E-state index contributed by atoms with van der Waals surface area (Å²) < 4.78 is 26.7. The van der Waals surface area contributed by atoms with Gasteiger partial charge in [0.1, 0.15) is 0 Å². The zero-order chi connectivity index (χ0) is 17.4. The molecule has 1 aliphatic heterocycles. The van der Waals surface area contributed by atoms with Crippen LogP contribution in [0, 0.1) is 25.7 Å². The standard InChI is InChI=1S/C17H26N2O3S/c1-11-6-12(2)10-19(9-11)17(20)15-7-13(3)14(4)16(8-15)23(21,22)18-5/h7-8,11-12,18H,6,9-10H2,1-5H3/t11-,12-/m0/s1. The highest BCUT2D eigenvalue weighted by atomic mass is 32.2. The second kappa shape index (κ2) is 6.61. The summed E-state index contributed by atoms with van der Waals surface area (Å²) in [5, 5.41) is 0. The molecule has 6 heteroatoms. The number of hydrogen-bond donors (Lipinski definition) is 1. The van der Waals surface area contributed by atoms with Gasteiger partial charge >= 0.3 is 0 Å². The van der Waals surface area contributed by atoms with Crippen LogP contribution in [0.15, 0.2) is 17.0 Å². The minimum atomic E-state index is -3.58. The summed E-state index contributed by atoms with van der Waals surface area (Å²) in [4.78, 5) is 14.9. The lowest BCUT2D eigenvalue weighted by molar-refractivity contribution is 0.0623. The van der Waals surface area contributed by atoms with Crippen LogP contribution in [0.2, 0.25) is 0 Å². The van der Waals surface area contributed by atoms with E-state index < -0.39 is 10.0 Å². The number of nitrogens with one attached hydrogen (secondary N) is 1. The molecule has 0 radical (unpaired) electrons. The summed E-state index contributed by atoms with van der Waals surface area (Å²) in [6.07, 6.45) is 1.12. The summed E-state index contributed by atoms with van der Waals surface area (Å²) in [5.41, 5.74) is 1.93. The quantitative estimate of drug-likeness (QED) is 0.920. The molecule has 1 heterocycles. The Morgan fingerprint density at radius 2 is 1.74 bits per heavy atom. The van der Waals surface area contributed by atoms with Crippen molar-refractivity contribution in [2.75, 3.05) is 20.1 Å². The van der Waals surface area contributed by atoms with Crippen molar-refractivity contribution in [1.29, 1.82) is 0 Å². The van der Waals surface area contributed by atoms with Crippen LogP contribution in [0.5, 0.6) is 0 Å². The minimum Gasteiger partial charge on any atom is -0.338 e. The van der Waals surface area contributed by atoms with Crippen LogP contribution in [-0.4, -0.2) is 39.4 Å². The Morgan fingerprint density at radius 1 is 1.17 bits per heavy atom. The Kier molecular flexibility index (Phi) is 5.16. The molecule has 1 aliphatic rings. The van der Waals surface area contributed by atoms with Crippen LogP contribution < -0.4 is 4.72 Å². The van der Waals surface area contributed by atoms with Crippen LogP contribution in [0.1, 0.15) is 41.8 Å². The van der Waals surface area contributed by atoms with E-state index in [1.165, 1.54) is 13.1 Å².